The van der Waals surface area contributed by atoms with Crippen LogP contribution in [0.4, 0.5) is 0 Å². The smallest absolute Gasteiger partial charge is 0.296 e. The quantitative estimate of drug-likeness (QED) is 0.271. The van der Waals surface area contributed by atoms with Gasteiger partial charge in [-0.05, 0) is 48.7 Å². The number of hydrogen-bond donors (Lipinski definition) is 1. The summed E-state index contributed by atoms with van der Waals surface area (Å²) in [4.78, 5) is 30.4. The van der Waals surface area contributed by atoms with Crippen molar-refractivity contribution in [3.05, 3.63) is 99.4 Å². The molecule has 0 bridgehead atoms. The van der Waals surface area contributed by atoms with Gasteiger partial charge in [-0.1, -0.05) is 53.5 Å². The fourth-order valence-electron chi connectivity index (χ4n) is 4.95. The molecule has 35 heavy (non-hydrogen) atoms. The Morgan fingerprint density at radius 2 is 1.71 bits per heavy atom. The second-order valence-electron chi connectivity index (χ2n) is 8.84. The third-order valence-corrected chi connectivity index (χ3v) is 7.42. The summed E-state index contributed by atoms with van der Waals surface area (Å²) >= 11 is 12.2. The molecule has 5 rings (SSSR count). The van der Waals surface area contributed by atoms with Crippen molar-refractivity contribution < 1.29 is 19.1 Å². The maximum atomic E-state index is 13.3. The number of rotatable bonds is 5. The lowest BCUT2D eigenvalue weighted by molar-refractivity contribution is -0.142. The Hall–Kier alpha value is -3.06. The van der Waals surface area contributed by atoms with Crippen molar-refractivity contribution in [3.63, 3.8) is 0 Å². The number of carbonyl (C=O) groups is 2. The molecule has 2 aliphatic heterocycles. The predicted molar refractivity (Wildman–Crippen MR) is 134 cm³/mol. The van der Waals surface area contributed by atoms with Crippen LogP contribution in [0, 0.1) is 0 Å². The van der Waals surface area contributed by atoms with Gasteiger partial charge in [0.15, 0.2) is 0 Å². The number of ketones is 1. The molecule has 1 N–H and O–H groups in total. The molecule has 2 fully saturated rings. The van der Waals surface area contributed by atoms with Crippen molar-refractivity contribution >= 4 is 40.7 Å². The highest BCUT2D eigenvalue weighted by atomic mass is 35.5. The second-order valence-corrected chi connectivity index (χ2v) is 9.66. The monoisotopic (exact) mass is 510 g/mol. The zero-order valence-electron chi connectivity index (χ0n) is 18.9. The van der Waals surface area contributed by atoms with Gasteiger partial charge in [0.2, 0.25) is 0 Å². The van der Waals surface area contributed by atoms with Gasteiger partial charge in [0.05, 0.1) is 21.9 Å². The first-order valence-electron chi connectivity index (χ1n) is 11.5. The van der Waals surface area contributed by atoms with Crippen LogP contribution in [0.25, 0.3) is 5.76 Å². The number of nitrogens with zero attached hydrogens (tertiary/aromatic N) is 2. The minimum Gasteiger partial charge on any atom is -0.507 e. The second kappa shape index (κ2) is 9.90. The number of halogens is 2. The maximum Gasteiger partial charge on any atom is 0.296 e. The van der Waals surface area contributed by atoms with Crippen LogP contribution in [0.5, 0.6) is 0 Å². The zero-order chi connectivity index (χ0) is 24.5. The maximum absolute atomic E-state index is 13.3. The molecule has 2 aromatic carbocycles. The third-order valence-electron chi connectivity index (χ3n) is 6.69. The van der Waals surface area contributed by atoms with Crippen LogP contribution in [0.1, 0.15) is 35.8 Å². The molecule has 0 aliphatic carbocycles. The molecule has 1 atom stereocenters. The van der Waals surface area contributed by atoms with Crippen LogP contribution in [-0.2, 0) is 16.1 Å². The highest BCUT2D eigenvalue weighted by molar-refractivity contribution is 6.47. The molecule has 3 aromatic rings. The number of benzene rings is 2. The van der Waals surface area contributed by atoms with E-state index in [1.807, 2.05) is 18.2 Å². The number of hydrogen-bond acceptors (Lipinski definition) is 5. The Bertz CT molecular complexity index is 1270. The van der Waals surface area contributed by atoms with E-state index in [1.165, 1.54) is 17.9 Å². The summed E-state index contributed by atoms with van der Waals surface area (Å²) in [6.45, 7) is 2.42. The van der Waals surface area contributed by atoms with Crippen LogP contribution in [-0.4, -0.2) is 45.7 Å². The molecule has 3 heterocycles. The van der Waals surface area contributed by atoms with Crippen LogP contribution in [0.2, 0.25) is 10.0 Å². The van der Waals surface area contributed by atoms with E-state index >= 15 is 0 Å². The molecule has 2 saturated heterocycles. The topological polar surface area (TPSA) is 74.0 Å². The molecule has 1 aromatic heterocycles. The number of aliphatic hydroxyl groups excluding tert-OH is 1. The molecule has 6 nitrogen and oxygen atoms in total. The number of carbonyl (C=O) groups excluding carboxylic acids is 2. The predicted octanol–water partition coefficient (Wildman–Crippen LogP) is 5.67. The van der Waals surface area contributed by atoms with E-state index in [-0.39, 0.29) is 22.4 Å². The summed E-state index contributed by atoms with van der Waals surface area (Å²) in [7, 11) is 0. The summed E-state index contributed by atoms with van der Waals surface area (Å²) in [6, 6.07) is 17.3. The number of likely N-dealkylation sites (tertiary alicyclic amines) is 2. The molecule has 0 saturated carbocycles. The summed E-state index contributed by atoms with van der Waals surface area (Å²) in [6.07, 6.45) is 2.92. The molecule has 8 heteroatoms. The first kappa shape index (κ1) is 23.7. The fraction of sp³-hybridized carbons (Fsp3) is 0.259. The first-order valence-corrected chi connectivity index (χ1v) is 12.2. The molecule has 1 amide bonds. The van der Waals surface area contributed by atoms with Crippen LogP contribution < -0.4 is 0 Å². The number of aliphatic hydroxyl groups is 1. The molecule has 0 radical (unpaired) electrons. The molecule has 0 spiro atoms. The molecular weight excluding hydrogens is 487 g/mol. The van der Waals surface area contributed by atoms with Crippen LogP contribution in [0.15, 0.2) is 76.9 Å². The standard InChI is InChI=1S/C27H24Cl2N2O4/c28-20-9-8-18(15-21(20)29)25(32)23-24(22-7-4-14-35-22)31(27(34)26(23)33)19-10-12-30(13-11-19)16-17-5-2-1-3-6-17/h1-9,14-15,19,24,32H,10-13,16H2/b25-23-. The Kier molecular flexibility index (Phi) is 6.69. The lowest BCUT2D eigenvalue weighted by Gasteiger charge is -2.38. The van der Waals surface area contributed by atoms with Gasteiger partial charge in [-0.2, -0.15) is 0 Å². The van der Waals surface area contributed by atoms with Gasteiger partial charge in [0, 0.05) is 31.2 Å². The molecule has 180 valence electrons. The van der Waals surface area contributed by atoms with Gasteiger partial charge in [-0.25, -0.2) is 0 Å². The van der Waals surface area contributed by atoms with Crippen LogP contribution in [0.3, 0.4) is 0 Å². The number of amides is 1. The summed E-state index contributed by atoms with van der Waals surface area (Å²) in [5.41, 5.74) is 1.55. The van der Waals surface area contributed by atoms with E-state index in [2.05, 4.69) is 17.0 Å². The Morgan fingerprint density at radius 1 is 0.971 bits per heavy atom. The summed E-state index contributed by atoms with van der Waals surface area (Å²) in [5, 5.41) is 11.7. The van der Waals surface area contributed by atoms with Crippen molar-refractivity contribution in [1.29, 1.82) is 0 Å². The van der Waals surface area contributed by atoms with Crippen molar-refractivity contribution in [2.45, 2.75) is 31.5 Å². The SMILES string of the molecule is O=C1C(=O)N(C2CCN(Cc3ccccc3)CC2)C(c2ccco2)/C1=C(/O)c1ccc(Cl)c(Cl)c1. The minimum atomic E-state index is -0.815. The lowest BCUT2D eigenvalue weighted by atomic mass is 9.97. The van der Waals surface area contributed by atoms with E-state index in [1.54, 1.807) is 29.2 Å². The van der Waals surface area contributed by atoms with Crippen molar-refractivity contribution in [2.24, 2.45) is 0 Å². The Balaban J connectivity index is 1.44. The van der Waals surface area contributed by atoms with Crippen molar-refractivity contribution in [1.82, 2.24) is 9.80 Å². The van der Waals surface area contributed by atoms with Gasteiger partial charge < -0.3 is 14.4 Å². The van der Waals surface area contributed by atoms with Gasteiger partial charge in [-0.15, -0.1) is 0 Å². The highest BCUT2D eigenvalue weighted by Gasteiger charge is 2.50. The minimum absolute atomic E-state index is 0.00458. The first-order chi connectivity index (χ1) is 16.9. The van der Waals surface area contributed by atoms with Gasteiger partial charge in [0.1, 0.15) is 17.6 Å². The molecule has 1 unspecified atom stereocenters. The highest BCUT2D eigenvalue weighted by Crippen LogP contribution is 2.42. The summed E-state index contributed by atoms with van der Waals surface area (Å²) < 4.78 is 5.65. The van der Waals surface area contributed by atoms with E-state index < -0.39 is 17.7 Å². The third kappa shape index (κ3) is 4.61. The van der Waals surface area contributed by atoms with E-state index in [0.29, 0.717) is 29.2 Å². The fourth-order valence-corrected chi connectivity index (χ4v) is 5.25. The Morgan fingerprint density at radius 3 is 2.37 bits per heavy atom. The average Bonchev–Trinajstić information content (AvgIpc) is 3.49. The normalized spacial score (nSPS) is 21.1. The average molecular weight is 511 g/mol. The van der Waals surface area contributed by atoms with E-state index in [4.69, 9.17) is 27.6 Å². The lowest BCUT2D eigenvalue weighted by Crippen LogP contribution is -2.46. The van der Waals surface area contributed by atoms with Crippen molar-refractivity contribution in [2.75, 3.05) is 13.1 Å². The summed E-state index contributed by atoms with van der Waals surface area (Å²) in [5.74, 6) is -1.24. The zero-order valence-corrected chi connectivity index (χ0v) is 20.4. The van der Waals surface area contributed by atoms with Crippen LogP contribution >= 0.6 is 23.2 Å². The molecular formula is C27H24Cl2N2O4. The number of Topliss-reactive ketones (excluding diaryl/α,β-unsaturated/α-hetero) is 1. The van der Waals surface area contributed by atoms with Crippen molar-refractivity contribution in [3.8, 4) is 0 Å². The van der Waals surface area contributed by atoms with Gasteiger partial charge >= 0.3 is 0 Å². The van der Waals surface area contributed by atoms with Gasteiger partial charge in [-0.3, -0.25) is 14.5 Å². The Labute approximate surface area is 213 Å². The van der Waals surface area contributed by atoms with E-state index in [0.717, 1.165) is 19.6 Å². The largest absolute Gasteiger partial charge is 0.507 e. The van der Waals surface area contributed by atoms with Gasteiger partial charge in [0.25, 0.3) is 11.7 Å². The number of furan rings is 1. The number of piperidine rings is 1. The molecule has 2 aliphatic rings. The van der Waals surface area contributed by atoms with E-state index in [9.17, 15) is 14.7 Å².